The lowest BCUT2D eigenvalue weighted by Crippen LogP contribution is -2.32. The molecule has 1 heterocycles. The van der Waals surface area contributed by atoms with Crippen molar-refractivity contribution in [3.8, 4) is 0 Å². The summed E-state index contributed by atoms with van der Waals surface area (Å²) in [6.07, 6.45) is 7.33. The SMILES string of the molecule is Cc1cc(C(=O)NC2CCCC2)c(C)n1C1CC1. The van der Waals surface area contributed by atoms with Gasteiger partial charge in [-0.15, -0.1) is 0 Å². The van der Waals surface area contributed by atoms with E-state index >= 15 is 0 Å². The first-order chi connectivity index (χ1) is 8.66. The van der Waals surface area contributed by atoms with Gasteiger partial charge in [0.2, 0.25) is 0 Å². The van der Waals surface area contributed by atoms with Crippen LogP contribution in [-0.4, -0.2) is 16.5 Å². The zero-order valence-electron chi connectivity index (χ0n) is 11.3. The monoisotopic (exact) mass is 246 g/mol. The normalized spacial score (nSPS) is 20.3. The molecule has 1 amide bonds. The summed E-state index contributed by atoms with van der Waals surface area (Å²) in [6, 6.07) is 3.11. The van der Waals surface area contributed by atoms with E-state index in [-0.39, 0.29) is 5.91 Å². The van der Waals surface area contributed by atoms with Gasteiger partial charge in [-0.1, -0.05) is 12.8 Å². The highest BCUT2D eigenvalue weighted by Gasteiger charge is 2.29. The molecule has 0 radical (unpaired) electrons. The topological polar surface area (TPSA) is 34.0 Å². The molecule has 0 spiro atoms. The molecular formula is C15H22N2O. The fourth-order valence-electron chi connectivity index (χ4n) is 3.23. The lowest BCUT2D eigenvalue weighted by atomic mass is 10.2. The molecule has 1 aromatic rings. The van der Waals surface area contributed by atoms with Crippen molar-refractivity contribution in [2.24, 2.45) is 0 Å². The lowest BCUT2D eigenvalue weighted by Gasteiger charge is -2.12. The fraction of sp³-hybridized carbons (Fsp3) is 0.667. The predicted octanol–water partition coefficient (Wildman–Crippen LogP) is 3.11. The summed E-state index contributed by atoms with van der Waals surface area (Å²) < 4.78 is 2.34. The molecule has 0 atom stereocenters. The van der Waals surface area contributed by atoms with Gasteiger partial charge in [0.1, 0.15) is 0 Å². The molecule has 2 saturated carbocycles. The molecule has 3 heteroatoms. The van der Waals surface area contributed by atoms with E-state index in [1.807, 2.05) is 0 Å². The Labute approximate surface area is 109 Å². The maximum absolute atomic E-state index is 12.3. The van der Waals surface area contributed by atoms with Gasteiger partial charge in [0.05, 0.1) is 5.56 Å². The van der Waals surface area contributed by atoms with Gasteiger partial charge < -0.3 is 9.88 Å². The number of carbonyl (C=O) groups is 1. The van der Waals surface area contributed by atoms with Crippen molar-refractivity contribution in [3.05, 3.63) is 23.0 Å². The van der Waals surface area contributed by atoms with Crippen molar-refractivity contribution >= 4 is 5.91 Å². The van der Waals surface area contributed by atoms with E-state index in [4.69, 9.17) is 0 Å². The minimum atomic E-state index is 0.127. The van der Waals surface area contributed by atoms with E-state index in [2.05, 4.69) is 29.8 Å². The number of amides is 1. The molecule has 3 rings (SSSR count). The Morgan fingerprint density at radius 1 is 1.22 bits per heavy atom. The summed E-state index contributed by atoms with van der Waals surface area (Å²) in [5.74, 6) is 0.127. The summed E-state index contributed by atoms with van der Waals surface area (Å²) >= 11 is 0. The van der Waals surface area contributed by atoms with Crippen molar-refractivity contribution in [1.29, 1.82) is 0 Å². The standard InChI is InChI=1S/C15H22N2O/c1-10-9-14(11(2)17(10)13-7-8-13)15(18)16-12-5-3-4-6-12/h9,12-13H,3-8H2,1-2H3,(H,16,18). The quantitative estimate of drug-likeness (QED) is 0.873. The van der Waals surface area contributed by atoms with E-state index in [0.29, 0.717) is 12.1 Å². The van der Waals surface area contributed by atoms with Gasteiger partial charge in [-0.2, -0.15) is 0 Å². The second kappa shape index (κ2) is 4.45. The Kier molecular flexibility index (Phi) is 2.92. The highest BCUT2D eigenvalue weighted by molar-refractivity contribution is 5.96. The smallest absolute Gasteiger partial charge is 0.253 e. The molecule has 0 saturated heterocycles. The third-order valence-electron chi connectivity index (χ3n) is 4.33. The van der Waals surface area contributed by atoms with Crippen molar-refractivity contribution < 1.29 is 4.79 Å². The predicted molar refractivity (Wildman–Crippen MR) is 71.9 cm³/mol. The van der Waals surface area contributed by atoms with E-state index in [1.165, 1.54) is 31.4 Å². The molecule has 0 bridgehead atoms. The first kappa shape index (κ1) is 11.8. The van der Waals surface area contributed by atoms with Gasteiger partial charge in [0, 0.05) is 23.5 Å². The average Bonchev–Trinajstić information content (AvgIpc) is 2.94. The molecule has 18 heavy (non-hydrogen) atoms. The van der Waals surface area contributed by atoms with Crippen molar-refractivity contribution in [3.63, 3.8) is 0 Å². The van der Waals surface area contributed by atoms with Crippen LogP contribution in [0.2, 0.25) is 0 Å². The van der Waals surface area contributed by atoms with Crippen molar-refractivity contribution in [2.45, 2.75) is 64.5 Å². The maximum Gasteiger partial charge on any atom is 0.253 e. The Bertz CT molecular complexity index is 465. The van der Waals surface area contributed by atoms with E-state index < -0.39 is 0 Å². The maximum atomic E-state index is 12.3. The van der Waals surface area contributed by atoms with Crippen LogP contribution in [0.4, 0.5) is 0 Å². The van der Waals surface area contributed by atoms with Gasteiger partial charge >= 0.3 is 0 Å². The van der Waals surface area contributed by atoms with Gasteiger partial charge in [-0.3, -0.25) is 4.79 Å². The van der Waals surface area contributed by atoms with Crippen LogP contribution in [0.5, 0.6) is 0 Å². The Morgan fingerprint density at radius 2 is 1.89 bits per heavy atom. The molecule has 3 nitrogen and oxygen atoms in total. The Hall–Kier alpha value is -1.25. The second-order valence-electron chi connectivity index (χ2n) is 5.84. The van der Waals surface area contributed by atoms with E-state index in [1.54, 1.807) is 0 Å². The minimum absolute atomic E-state index is 0.127. The first-order valence-corrected chi connectivity index (χ1v) is 7.16. The molecular weight excluding hydrogens is 224 g/mol. The number of nitrogens with zero attached hydrogens (tertiary/aromatic N) is 1. The highest BCUT2D eigenvalue weighted by atomic mass is 16.1. The van der Waals surface area contributed by atoms with Gasteiger partial charge in [0.15, 0.2) is 0 Å². The zero-order valence-corrected chi connectivity index (χ0v) is 11.3. The van der Waals surface area contributed by atoms with Crippen molar-refractivity contribution in [1.82, 2.24) is 9.88 Å². The van der Waals surface area contributed by atoms with Crippen LogP contribution in [0.25, 0.3) is 0 Å². The minimum Gasteiger partial charge on any atom is -0.349 e. The van der Waals surface area contributed by atoms with Gasteiger partial charge in [-0.05, 0) is 45.6 Å². The van der Waals surface area contributed by atoms with Crippen LogP contribution < -0.4 is 5.32 Å². The average molecular weight is 246 g/mol. The number of aryl methyl sites for hydroxylation is 1. The number of aromatic nitrogens is 1. The summed E-state index contributed by atoms with van der Waals surface area (Å²) in [5.41, 5.74) is 3.25. The van der Waals surface area contributed by atoms with Crippen LogP contribution in [0, 0.1) is 13.8 Å². The van der Waals surface area contributed by atoms with Crippen LogP contribution in [-0.2, 0) is 0 Å². The van der Waals surface area contributed by atoms with Crippen LogP contribution in [0.3, 0.4) is 0 Å². The van der Waals surface area contributed by atoms with Gasteiger partial charge in [0.25, 0.3) is 5.91 Å². The molecule has 2 aliphatic carbocycles. The number of rotatable bonds is 3. The molecule has 0 aliphatic heterocycles. The molecule has 0 aromatic carbocycles. The lowest BCUT2D eigenvalue weighted by molar-refractivity contribution is 0.0937. The molecule has 2 fully saturated rings. The number of nitrogens with one attached hydrogen (secondary N) is 1. The second-order valence-corrected chi connectivity index (χ2v) is 5.84. The highest BCUT2D eigenvalue weighted by Crippen LogP contribution is 2.38. The zero-order chi connectivity index (χ0) is 12.7. The largest absolute Gasteiger partial charge is 0.349 e. The number of carbonyl (C=O) groups excluding carboxylic acids is 1. The molecule has 2 aliphatic rings. The van der Waals surface area contributed by atoms with Crippen LogP contribution in [0.15, 0.2) is 6.07 Å². The summed E-state index contributed by atoms with van der Waals surface area (Å²) in [4.78, 5) is 12.3. The summed E-state index contributed by atoms with van der Waals surface area (Å²) in [7, 11) is 0. The number of hydrogen-bond donors (Lipinski definition) is 1. The Balaban J connectivity index is 1.78. The third-order valence-corrected chi connectivity index (χ3v) is 4.33. The van der Waals surface area contributed by atoms with Crippen LogP contribution in [0.1, 0.15) is 66.3 Å². The Morgan fingerprint density at radius 3 is 2.50 bits per heavy atom. The molecule has 0 unspecified atom stereocenters. The van der Waals surface area contributed by atoms with Gasteiger partial charge in [-0.25, -0.2) is 0 Å². The van der Waals surface area contributed by atoms with E-state index in [9.17, 15) is 4.79 Å². The molecule has 98 valence electrons. The van der Waals surface area contributed by atoms with E-state index in [0.717, 1.165) is 24.1 Å². The number of hydrogen-bond acceptors (Lipinski definition) is 1. The third kappa shape index (κ3) is 2.06. The molecule has 1 N–H and O–H groups in total. The molecule has 1 aromatic heterocycles. The van der Waals surface area contributed by atoms with Crippen molar-refractivity contribution in [2.75, 3.05) is 0 Å². The summed E-state index contributed by atoms with van der Waals surface area (Å²) in [6.45, 7) is 4.19. The fourth-order valence-corrected chi connectivity index (χ4v) is 3.23. The summed E-state index contributed by atoms with van der Waals surface area (Å²) in [5, 5.41) is 3.18. The van der Waals surface area contributed by atoms with Crippen LogP contribution >= 0.6 is 0 Å². The first-order valence-electron chi connectivity index (χ1n) is 7.16.